The highest BCUT2D eigenvalue weighted by atomic mass is 32.1. The van der Waals surface area contributed by atoms with Crippen molar-refractivity contribution >= 4 is 27.9 Å². The van der Waals surface area contributed by atoms with Crippen molar-refractivity contribution < 1.29 is 19.0 Å². The van der Waals surface area contributed by atoms with Crippen molar-refractivity contribution in [1.82, 2.24) is 9.38 Å². The highest BCUT2D eigenvalue weighted by molar-refractivity contribution is 7.15. The maximum atomic E-state index is 12.6. The van der Waals surface area contributed by atoms with E-state index >= 15 is 0 Å². The summed E-state index contributed by atoms with van der Waals surface area (Å²) < 4.78 is 17.7. The topological polar surface area (TPSA) is 74.1 Å². The summed E-state index contributed by atoms with van der Waals surface area (Å²) in [5.41, 5.74) is 3.33. The third kappa shape index (κ3) is 4.08. The molecule has 2 heterocycles. The number of nitrogens with zero attached hydrogens (tertiary/aromatic N) is 2. The van der Waals surface area contributed by atoms with Crippen molar-refractivity contribution in [3.05, 3.63) is 59.7 Å². The summed E-state index contributed by atoms with van der Waals surface area (Å²) in [5.74, 6) is 1.89. The van der Waals surface area contributed by atoms with E-state index in [2.05, 4.69) is 10.3 Å². The number of imidazole rings is 1. The van der Waals surface area contributed by atoms with Crippen molar-refractivity contribution in [1.29, 1.82) is 0 Å². The lowest BCUT2D eigenvalue weighted by atomic mass is 10.2. The van der Waals surface area contributed by atoms with Crippen LogP contribution in [0.2, 0.25) is 0 Å². The lowest BCUT2D eigenvalue weighted by Gasteiger charge is -2.09. The summed E-state index contributed by atoms with van der Waals surface area (Å²) >= 11 is 1.50. The van der Waals surface area contributed by atoms with E-state index < -0.39 is 0 Å². The summed E-state index contributed by atoms with van der Waals surface area (Å²) in [6.07, 6.45) is 2.17. The molecule has 2 aromatic heterocycles. The maximum absolute atomic E-state index is 12.6. The molecule has 7 nitrogen and oxygen atoms in total. The molecule has 2 aromatic carbocycles. The van der Waals surface area contributed by atoms with Crippen LogP contribution in [0.1, 0.15) is 5.69 Å². The van der Waals surface area contributed by atoms with E-state index in [1.54, 1.807) is 39.5 Å². The van der Waals surface area contributed by atoms with Crippen LogP contribution < -0.4 is 19.5 Å². The van der Waals surface area contributed by atoms with Gasteiger partial charge in [-0.1, -0.05) is 0 Å². The van der Waals surface area contributed by atoms with E-state index in [4.69, 9.17) is 14.2 Å². The molecule has 0 bridgehead atoms. The Balaban J connectivity index is 1.52. The zero-order valence-corrected chi connectivity index (χ0v) is 17.7. The molecular formula is C22H21N3O4S. The van der Waals surface area contributed by atoms with Gasteiger partial charge < -0.3 is 19.5 Å². The van der Waals surface area contributed by atoms with Gasteiger partial charge in [0.05, 0.1) is 33.4 Å². The van der Waals surface area contributed by atoms with Crippen LogP contribution in [0, 0.1) is 0 Å². The van der Waals surface area contributed by atoms with Gasteiger partial charge in [-0.2, -0.15) is 0 Å². The summed E-state index contributed by atoms with van der Waals surface area (Å²) in [4.78, 5) is 18.1. The Labute approximate surface area is 177 Å². The smallest absolute Gasteiger partial charge is 0.230 e. The molecule has 1 N–H and O–H groups in total. The van der Waals surface area contributed by atoms with Crippen LogP contribution in [0.5, 0.6) is 17.2 Å². The van der Waals surface area contributed by atoms with Crippen molar-refractivity contribution in [2.24, 2.45) is 0 Å². The van der Waals surface area contributed by atoms with Crippen LogP contribution in [0.3, 0.4) is 0 Å². The number of benzene rings is 2. The summed E-state index contributed by atoms with van der Waals surface area (Å²) in [6.45, 7) is 0. The van der Waals surface area contributed by atoms with Crippen molar-refractivity contribution in [3.8, 4) is 28.5 Å². The van der Waals surface area contributed by atoms with Gasteiger partial charge in [-0.25, -0.2) is 4.98 Å². The van der Waals surface area contributed by atoms with Gasteiger partial charge in [0.1, 0.15) is 17.2 Å². The third-order valence-corrected chi connectivity index (χ3v) is 5.53. The number of ether oxygens (including phenoxy) is 3. The first-order valence-electron chi connectivity index (χ1n) is 9.22. The monoisotopic (exact) mass is 423 g/mol. The SMILES string of the molecule is COc1ccc(-c2cn3c(CC(=O)Nc4cc(OC)cc(OC)c4)csc3n2)cc1. The number of nitrogens with one attached hydrogen (secondary N) is 1. The average Bonchev–Trinajstić information content (AvgIpc) is 3.35. The van der Waals surface area contributed by atoms with Crippen LogP contribution in [0.4, 0.5) is 5.69 Å². The highest BCUT2D eigenvalue weighted by Crippen LogP contribution is 2.27. The number of methoxy groups -OCH3 is 3. The van der Waals surface area contributed by atoms with Gasteiger partial charge in [-0.3, -0.25) is 9.20 Å². The van der Waals surface area contributed by atoms with Gasteiger partial charge in [0.15, 0.2) is 4.96 Å². The van der Waals surface area contributed by atoms with Crippen LogP contribution in [-0.4, -0.2) is 36.6 Å². The maximum Gasteiger partial charge on any atom is 0.230 e. The zero-order chi connectivity index (χ0) is 21.1. The molecule has 0 atom stereocenters. The largest absolute Gasteiger partial charge is 0.497 e. The fraction of sp³-hybridized carbons (Fsp3) is 0.182. The van der Waals surface area contributed by atoms with E-state index in [0.29, 0.717) is 17.2 Å². The molecule has 154 valence electrons. The molecule has 4 aromatic rings. The van der Waals surface area contributed by atoms with Crippen LogP contribution in [-0.2, 0) is 11.2 Å². The van der Waals surface area contributed by atoms with Gasteiger partial charge in [0.2, 0.25) is 5.91 Å². The van der Waals surface area contributed by atoms with Crippen molar-refractivity contribution in [3.63, 3.8) is 0 Å². The number of hydrogen-bond donors (Lipinski definition) is 1. The van der Waals surface area contributed by atoms with E-state index in [1.165, 1.54) is 11.3 Å². The number of hydrogen-bond acceptors (Lipinski definition) is 6. The minimum atomic E-state index is -0.135. The summed E-state index contributed by atoms with van der Waals surface area (Å²) in [5, 5.41) is 4.85. The minimum Gasteiger partial charge on any atom is -0.497 e. The second-order valence-corrected chi connectivity index (χ2v) is 7.40. The summed E-state index contributed by atoms with van der Waals surface area (Å²) in [6, 6.07) is 13.0. The Hall–Kier alpha value is -3.52. The quantitative estimate of drug-likeness (QED) is 0.481. The summed E-state index contributed by atoms with van der Waals surface area (Å²) in [7, 11) is 4.78. The van der Waals surface area contributed by atoms with Gasteiger partial charge in [-0.05, 0) is 24.3 Å². The molecular weight excluding hydrogens is 402 g/mol. The number of aromatic nitrogens is 2. The fourth-order valence-electron chi connectivity index (χ4n) is 3.11. The Morgan fingerprint density at radius 3 is 2.30 bits per heavy atom. The molecule has 0 unspecified atom stereocenters. The van der Waals surface area contributed by atoms with Gasteiger partial charge in [0, 0.05) is 46.7 Å². The molecule has 0 radical (unpaired) electrons. The lowest BCUT2D eigenvalue weighted by molar-refractivity contribution is -0.115. The van der Waals surface area contributed by atoms with E-state index in [1.807, 2.05) is 40.2 Å². The Kier molecular flexibility index (Phi) is 5.58. The predicted octanol–water partition coefficient (Wildman–Crippen LogP) is 4.27. The normalized spacial score (nSPS) is 10.8. The van der Waals surface area contributed by atoms with Gasteiger partial charge >= 0.3 is 0 Å². The average molecular weight is 423 g/mol. The number of carbonyl (C=O) groups excluding carboxylic acids is 1. The Morgan fingerprint density at radius 2 is 1.67 bits per heavy atom. The first-order valence-corrected chi connectivity index (χ1v) is 10.1. The number of amides is 1. The zero-order valence-electron chi connectivity index (χ0n) is 16.8. The number of anilines is 1. The molecule has 0 saturated carbocycles. The fourth-order valence-corrected chi connectivity index (χ4v) is 3.98. The molecule has 1 amide bonds. The predicted molar refractivity (Wildman–Crippen MR) is 117 cm³/mol. The standard InChI is InChI=1S/C22H21N3O4S/c1-27-17-6-4-14(5-7-17)20-12-25-16(13-30-22(25)24-20)10-21(26)23-15-8-18(28-2)11-19(9-15)29-3/h4-9,11-13H,10H2,1-3H3,(H,23,26). The number of carbonyl (C=O) groups is 1. The van der Waals surface area contributed by atoms with E-state index in [9.17, 15) is 4.79 Å². The van der Waals surface area contributed by atoms with E-state index in [0.717, 1.165) is 27.7 Å². The minimum absolute atomic E-state index is 0.135. The number of fused-ring (bicyclic) bond motifs is 1. The second-order valence-electron chi connectivity index (χ2n) is 6.56. The first-order chi connectivity index (χ1) is 14.6. The second kappa shape index (κ2) is 8.46. The van der Waals surface area contributed by atoms with Gasteiger partial charge in [-0.15, -0.1) is 11.3 Å². The molecule has 0 aliphatic rings. The highest BCUT2D eigenvalue weighted by Gasteiger charge is 2.14. The van der Waals surface area contributed by atoms with Crippen LogP contribution in [0.25, 0.3) is 16.2 Å². The molecule has 0 aliphatic heterocycles. The molecule has 30 heavy (non-hydrogen) atoms. The van der Waals surface area contributed by atoms with Crippen LogP contribution >= 0.6 is 11.3 Å². The molecule has 0 saturated heterocycles. The molecule has 8 heteroatoms. The lowest BCUT2D eigenvalue weighted by Crippen LogP contribution is -2.15. The van der Waals surface area contributed by atoms with Crippen molar-refractivity contribution in [2.45, 2.75) is 6.42 Å². The van der Waals surface area contributed by atoms with Crippen LogP contribution in [0.15, 0.2) is 54.0 Å². The molecule has 0 fully saturated rings. The van der Waals surface area contributed by atoms with E-state index in [-0.39, 0.29) is 12.3 Å². The van der Waals surface area contributed by atoms with Crippen molar-refractivity contribution in [2.75, 3.05) is 26.6 Å². The number of rotatable bonds is 7. The Bertz CT molecular complexity index is 1160. The third-order valence-electron chi connectivity index (χ3n) is 4.65. The Morgan fingerprint density at radius 1 is 1.00 bits per heavy atom. The molecule has 0 aliphatic carbocycles. The first kappa shape index (κ1) is 19.8. The molecule has 0 spiro atoms. The number of thiazole rings is 1. The molecule has 4 rings (SSSR count). The van der Waals surface area contributed by atoms with Gasteiger partial charge in [0.25, 0.3) is 0 Å².